The van der Waals surface area contributed by atoms with Gasteiger partial charge < -0.3 is 54.0 Å². The molecule has 1 aliphatic carbocycles. The van der Waals surface area contributed by atoms with Crippen molar-refractivity contribution in [1.82, 2.24) is 10.2 Å². The molecule has 4 heterocycles. The van der Waals surface area contributed by atoms with E-state index in [1.165, 1.54) is 12.0 Å². The lowest BCUT2D eigenvalue weighted by Gasteiger charge is -2.43. The zero-order chi connectivity index (χ0) is 55.0. The largest absolute Gasteiger partial charge is 0.460 e. The summed E-state index contributed by atoms with van der Waals surface area (Å²) in [6.07, 6.45) is 12.6. The summed E-state index contributed by atoms with van der Waals surface area (Å²) in [5.41, 5.74) is 1.21. The molecule has 1 unspecified atom stereocenters. The third-order valence-corrected chi connectivity index (χ3v) is 16.5. The number of allylic oxidation sites excluding steroid dienone is 6. The molecule has 0 aromatic heterocycles. The zero-order valence-electron chi connectivity index (χ0n) is 46.2. The standard InChI is InChI=1S/C58H90N2O15/c1-35-15-11-10-12-16-36(2)48(72-27-23-43-22-24-59-55(43)66)33-44-20-18-41(7)58(69,75-44)54(65)56(67)60-25-14-13-17-45(60)57(68)74-49(38(4)31-42-19-21-47(73-28-26-61)50(32-42)70-8)34-46(62)37(3)30-40(6)52(64)53(71-9)51(63)39(5)29-35/h10-12,15-16,30,35,37-39,41-45,47-50,52-53,61,64,69H,13-14,17-29,31-34H2,1-9H3,(H,59,66)/b12-10+,15-11+,36-16+,40-30+/t35-,37-,38-,39-,41-,42+,43?,44+,45+,47-,48+,49+,50-,52-,53+,58-/m1/s1. The number of nitrogens with one attached hydrogen (secondary N) is 1. The zero-order valence-corrected chi connectivity index (χ0v) is 46.2. The van der Waals surface area contributed by atoms with Gasteiger partial charge in [0.25, 0.3) is 11.7 Å². The molecule has 0 aromatic carbocycles. The van der Waals surface area contributed by atoms with Gasteiger partial charge in [-0.1, -0.05) is 71.1 Å². The Kier molecular flexibility index (Phi) is 24.5. The smallest absolute Gasteiger partial charge is 0.329 e. The maximum Gasteiger partial charge on any atom is 0.329 e. The predicted octanol–water partition coefficient (Wildman–Crippen LogP) is 6.09. The van der Waals surface area contributed by atoms with Crippen LogP contribution in [0, 0.1) is 41.4 Å². The van der Waals surface area contributed by atoms with E-state index in [0.717, 1.165) is 18.4 Å². The molecule has 4 aliphatic heterocycles. The fourth-order valence-corrected chi connectivity index (χ4v) is 11.7. The van der Waals surface area contributed by atoms with Crippen LogP contribution in [0.4, 0.5) is 0 Å². The number of carbonyl (C=O) groups is 6. The molecular weight excluding hydrogens is 965 g/mol. The summed E-state index contributed by atoms with van der Waals surface area (Å²) in [5, 5.41) is 36.0. The highest BCUT2D eigenvalue weighted by Gasteiger charge is 2.53. The molecule has 4 N–H and O–H groups in total. The summed E-state index contributed by atoms with van der Waals surface area (Å²) >= 11 is 0. The van der Waals surface area contributed by atoms with E-state index in [1.807, 2.05) is 58.1 Å². The quantitative estimate of drug-likeness (QED) is 0.0984. The minimum atomic E-state index is -2.49. The number of cyclic esters (lactones) is 1. The summed E-state index contributed by atoms with van der Waals surface area (Å²) in [5.74, 6) is -8.44. The van der Waals surface area contributed by atoms with Crippen LogP contribution in [-0.2, 0) is 57.2 Å². The van der Waals surface area contributed by atoms with Crippen molar-refractivity contribution in [2.24, 2.45) is 41.4 Å². The molecule has 3 saturated heterocycles. The van der Waals surface area contributed by atoms with E-state index in [9.17, 15) is 44.1 Å². The number of ether oxygens (including phenoxy) is 6. The molecule has 1 saturated carbocycles. The third kappa shape index (κ3) is 17.0. The van der Waals surface area contributed by atoms with Crippen molar-refractivity contribution in [2.75, 3.05) is 47.1 Å². The number of piperidine rings is 1. The van der Waals surface area contributed by atoms with E-state index in [4.69, 9.17) is 28.4 Å². The van der Waals surface area contributed by atoms with Crippen molar-refractivity contribution in [3.05, 3.63) is 47.6 Å². The molecule has 75 heavy (non-hydrogen) atoms. The lowest BCUT2D eigenvalue weighted by Crippen LogP contribution is -2.61. The second-order valence-corrected chi connectivity index (χ2v) is 22.4. The summed E-state index contributed by atoms with van der Waals surface area (Å²) in [6.45, 7) is 13.7. The van der Waals surface area contributed by atoms with Crippen molar-refractivity contribution in [3.63, 3.8) is 0 Å². The van der Waals surface area contributed by atoms with Gasteiger partial charge in [0.2, 0.25) is 11.7 Å². The van der Waals surface area contributed by atoms with Gasteiger partial charge in [-0.15, -0.1) is 0 Å². The first-order valence-corrected chi connectivity index (χ1v) is 27.8. The number of amides is 2. The number of nitrogens with zero attached hydrogens (tertiary/aromatic N) is 1. The van der Waals surface area contributed by atoms with Crippen LogP contribution in [0.15, 0.2) is 47.6 Å². The summed E-state index contributed by atoms with van der Waals surface area (Å²) in [7, 11) is 3.00. The van der Waals surface area contributed by atoms with Gasteiger partial charge in [0.1, 0.15) is 30.1 Å². The Morgan fingerprint density at radius 1 is 0.853 bits per heavy atom. The van der Waals surface area contributed by atoms with Gasteiger partial charge in [-0.3, -0.25) is 24.0 Å². The number of methoxy groups -OCH3 is 2. The van der Waals surface area contributed by atoms with E-state index < -0.39 is 77.8 Å². The number of aliphatic hydroxyl groups excluding tert-OH is 2. The van der Waals surface area contributed by atoms with Gasteiger partial charge in [0.05, 0.1) is 37.6 Å². The Balaban J connectivity index is 1.47. The first-order chi connectivity index (χ1) is 35.7. The number of ketones is 3. The maximum absolute atomic E-state index is 14.6. The van der Waals surface area contributed by atoms with Gasteiger partial charge in [0, 0.05) is 70.4 Å². The van der Waals surface area contributed by atoms with Crippen LogP contribution >= 0.6 is 0 Å². The minimum Gasteiger partial charge on any atom is -0.460 e. The van der Waals surface area contributed by atoms with Gasteiger partial charge in [-0.25, -0.2) is 4.79 Å². The van der Waals surface area contributed by atoms with E-state index in [0.29, 0.717) is 69.9 Å². The van der Waals surface area contributed by atoms with Crippen LogP contribution in [-0.4, -0.2) is 157 Å². The van der Waals surface area contributed by atoms with Gasteiger partial charge in [-0.2, -0.15) is 0 Å². The van der Waals surface area contributed by atoms with Crippen molar-refractivity contribution < 1.29 is 72.5 Å². The van der Waals surface area contributed by atoms with Crippen LogP contribution in [0.3, 0.4) is 0 Å². The van der Waals surface area contributed by atoms with E-state index in [-0.39, 0.29) is 99.0 Å². The van der Waals surface area contributed by atoms with Gasteiger partial charge in [0.15, 0.2) is 5.78 Å². The SMILES string of the molecule is CO[C@@H]1C[C@H](C[C@@H](C)[C@@H]2CC(=O)[C@H](C)/C=C(\C)[C@@H](O)[C@@H](OC)C(=O)[C@H](C)C[C@H](C)/C=C/C=C/C=C(\C)[C@@H](OCCC3CCNC3=O)C[C@@H]3CC[C@@H](C)[C@@](O)(O3)C(=O)C(=O)N3CCCC[C@H]3C(=O)O2)CC[C@H]1OCCO. The monoisotopic (exact) mass is 1050 g/mol. The van der Waals surface area contributed by atoms with Crippen LogP contribution in [0.25, 0.3) is 0 Å². The molecule has 0 radical (unpaired) electrons. The number of carbonyl (C=O) groups excluding carboxylic acids is 6. The van der Waals surface area contributed by atoms with E-state index >= 15 is 0 Å². The molecule has 16 atom stereocenters. The normalized spacial score (nSPS) is 38.6. The highest BCUT2D eigenvalue weighted by atomic mass is 16.6. The lowest BCUT2D eigenvalue weighted by molar-refractivity contribution is -0.266. The number of rotatable bonds is 12. The Morgan fingerprint density at radius 3 is 2.31 bits per heavy atom. The number of hydrogen-bond acceptors (Lipinski definition) is 15. The van der Waals surface area contributed by atoms with Crippen LogP contribution in [0.2, 0.25) is 0 Å². The summed E-state index contributed by atoms with van der Waals surface area (Å²) in [6, 6.07) is -1.18. The molecule has 17 nitrogen and oxygen atoms in total. The van der Waals surface area contributed by atoms with Crippen molar-refractivity contribution in [1.29, 1.82) is 0 Å². The Bertz CT molecular complexity index is 2050. The maximum atomic E-state index is 14.6. The van der Waals surface area contributed by atoms with Crippen molar-refractivity contribution in [2.45, 2.75) is 193 Å². The number of aliphatic hydroxyl groups is 3. The number of esters is 1. The predicted molar refractivity (Wildman–Crippen MR) is 281 cm³/mol. The van der Waals surface area contributed by atoms with Gasteiger partial charge in [-0.05, 0) is 120 Å². The number of hydrogen-bond donors (Lipinski definition) is 4. The highest BCUT2D eigenvalue weighted by molar-refractivity contribution is 6.39. The number of fused-ring (bicyclic) bond motifs is 3. The molecule has 0 spiro atoms. The summed E-state index contributed by atoms with van der Waals surface area (Å²) in [4.78, 5) is 85.3. The van der Waals surface area contributed by atoms with E-state index in [1.54, 1.807) is 34.0 Å². The first-order valence-electron chi connectivity index (χ1n) is 27.8. The van der Waals surface area contributed by atoms with Crippen molar-refractivity contribution >= 4 is 35.1 Å². The molecule has 5 rings (SSSR count). The number of Topliss-reactive ketones (excluding diaryl/α,β-unsaturated/α-hetero) is 3. The van der Waals surface area contributed by atoms with Crippen molar-refractivity contribution in [3.8, 4) is 0 Å². The minimum absolute atomic E-state index is 0.00374. The molecule has 2 amide bonds. The Hall–Kier alpha value is -3.94. The van der Waals surface area contributed by atoms with Crippen LogP contribution in [0.1, 0.15) is 138 Å². The molecule has 4 fully saturated rings. The average molecular weight is 1060 g/mol. The topological polar surface area (TPSA) is 234 Å². The van der Waals surface area contributed by atoms with Gasteiger partial charge >= 0.3 is 5.97 Å². The molecule has 2 bridgehead atoms. The average Bonchev–Trinajstić information content (AvgIpc) is 3.81. The Labute approximate surface area is 445 Å². The summed E-state index contributed by atoms with van der Waals surface area (Å²) < 4.78 is 36.4. The first kappa shape index (κ1) is 61.9. The molecule has 0 aromatic rings. The lowest BCUT2D eigenvalue weighted by atomic mass is 9.78. The van der Waals surface area contributed by atoms with E-state index in [2.05, 4.69) is 5.32 Å². The second-order valence-electron chi connectivity index (χ2n) is 22.4. The molecular formula is C58H90N2O15. The second kappa shape index (κ2) is 29.7. The molecule has 422 valence electrons. The molecule has 5 aliphatic rings. The fraction of sp³-hybridized carbons (Fsp3) is 0.759. The van der Waals surface area contributed by atoms with Crippen LogP contribution in [0.5, 0.6) is 0 Å². The Morgan fingerprint density at radius 2 is 1.61 bits per heavy atom. The molecule has 17 heteroatoms. The third-order valence-electron chi connectivity index (χ3n) is 16.5. The van der Waals surface area contributed by atoms with Crippen LogP contribution < -0.4 is 5.32 Å². The highest BCUT2D eigenvalue weighted by Crippen LogP contribution is 2.38. The fourth-order valence-electron chi connectivity index (χ4n) is 11.7.